The van der Waals surface area contributed by atoms with Crippen LogP contribution in [0.25, 0.3) is 0 Å². The molecule has 18 heavy (non-hydrogen) atoms. The smallest absolute Gasteiger partial charge is 0.0216 e. The van der Waals surface area contributed by atoms with Gasteiger partial charge in [0, 0.05) is 13.1 Å². The molecule has 1 aromatic heterocycles. The lowest BCUT2D eigenvalue weighted by Gasteiger charge is -2.38. The molecule has 1 heterocycles. The molecule has 1 aliphatic carbocycles. The van der Waals surface area contributed by atoms with E-state index >= 15 is 0 Å². The Balaban J connectivity index is 1.82. The number of rotatable bonds is 5. The zero-order valence-corrected chi connectivity index (χ0v) is 12.5. The molecule has 1 aliphatic rings. The third-order valence-corrected chi connectivity index (χ3v) is 5.46. The Labute approximate surface area is 115 Å². The van der Waals surface area contributed by atoms with E-state index in [9.17, 15) is 0 Å². The molecule has 0 radical (unpaired) electrons. The zero-order chi connectivity index (χ0) is 13.0. The summed E-state index contributed by atoms with van der Waals surface area (Å²) in [5.74, 6) is 0.892. The lowest BCUT2D eigenvalue weighted by atomic mass is 9.71. The summed E-state index contributed by atoms with van der Waals surface area (Å²) in [6, 6.07) is 0. The van der Waals surface area contributed by atoms with Gasteiger partial charge in [-0.15, -0.1) is 0 Å². The van der Waals surface area contributed by atoms with Gasteiger partial charge in [-0.2, -0.15) is 11.3 Å². The molecule has 0 atom stereocenters. The van der Waals surface area contributed by atoms with Crippen LogP contribution in [-0.2, 0) is 6.54 Å². The minimum Gasteiger partial charge on any atom is -0.330 e. The summed E-state index contributed by atoms with van der Waals surface area (Å²) >= 11 is 1.79. The number of nitrogens with two attached hydrogens (primary N) is 1. The fourth-order valence-electron chi connectivity index (χ4n) is 2.86. The lowest BCUT2D eigenvalue weighted by molar-refractivity contribution is 0.159. The van der Waals surface area contributed by atoms with E-state index < -0.39 is 0 Å². The Bertz CT molecular complexity index is 364. The number of aryl methyl sites for hydroxylation is 1. The second-order valence-corrected chi connectivity index (χ2v) is 6.81. The van der Waals surface area contributed by atoms with Crippen molar-refractivity contribution in [3.63, 3.8) is 0 Å². The molecular formula is C15H26N2S. The maximum absolute atomic E-state index is 6.04. The number of hydrogen-bond acceptors (Lipinski definition) is 3. The Morgan fingerprint density at radius 1 is 1.39 bits per heavy atom. The SMILES string of the molecule is Cc1cscc1CNCC1(CN)CCC(C)CC1. The van der Waals surface area contributed by atoms with Gasteiger partial charge >= 0.3 is 0 Å². The summed E-state index contributed by atoms with van der Waals surface area (Å²) in [6.45, 7) is 7.45. The average Bonchev–Trinajstić information content (AvgIpc) is 2.78. The zero-order valence-electron chi connectivity index (χ0n) is 11.7. The van der Waals surface area contributed by atoms with Crippen LogP contribution in [0.4, 0.5) is 0 Å². The molecule has 0 amide bonds. The van der Waals surface area contributed by atoms with Crippen LogP contribution in [0, 0.1) is 18.3 Å². The minimum absolute atomic E-state index is 0.358. The fourth-order valence-corrected chi connectivity index (χ4v) is 3.71. The predicted octanol–water partition coefficient (Wildman–Crippen LogP) is 3.30. The van der Waals surface area contributed by atoms with Crippen LogP contribution in [0.15, 0.2) is 10.8 Å². The molecule has 0 bridgehead atoms. The highest BCUT2D eigenvalue weighted by Gasteiger charge is 2.32. The average molecular weight is 266 g/mol. The van der Waals surface area contributed by atoms with Crippen molar-refractivity contribution in [3.05, 3.63) is 21.9 Å². The first-order valence-electron chi connectivity index (χ1n) is 7.08. The normalized spacial score (nSPS) is 28.5. The van der Waals surface area contributed by atoms with Gasteiger partial charge in [0.05, 0.1) is 0 Å². The van der Waals surface area contributed by atoms with Crippen LogP contribution >= 0.6 is 11.3 Å². The summed E-state index contributed by atoms with van der Waals surface area (Å²) < 4.78 is 0. The second-order valence-electron chi connectivity index (χ2n) is 6.07. The van der Waals surface area contributed by atoms with Crippen molar-refractivity contribution < 1.29 is 0 Å². The highest BCUT2D eigenvalue weighted by molar-refractivity contribution is 7.08. The summed E-state index contributed by atoms with van der Waals surface area (Å²) in [4.78, 5) is 0. The molecule has 102 valence electrons. The minimum atomic E-state index is 0.358. The van der Waals surface area contributed by atoms with Gasteiger partial charge in [0.25, 0.3) is 0 Å². The molecule has 0 saturated heterocycles. The van der Waals surface area contributed by atoms with Crippen LogP contribution in [0.3, 0.4) is 0 Å². The summed E-state index contributed by atoms with van der Waals surface area (Å²) in [5, 5.41) is 8.10. The lowest BCUT2D eigenvalue weighted by Crippen LogP contribution is -2.42. The summed E-state index contributed by atoms with van der Waals surface area (Å²) in [5.41, 5.74) is 9.24. The second kappa shape index (κ2) is 6.18. The van der Waals surface area contributed by atoms with E-state index in [1.165, 1.54) is 36.8 Å². The third kappa shape index (κ3) is 3.34. The van der Waals surface area contributed by atoms with Crippen molar-refractivity contribution in [3.8, 4) is 0 Å². The Morgan fingerprint density at radius 2 is 2.11 bits per heavy atom. The maximum atomic E-state index is 6.04. The molecule has 3 heteroatoms. The number of hydrogen-bond donors (Lipinski definition) is 2. The monoisotopic (exact) mass is 266 g/mol. The molecule has 2 nitrogen and oxygen atoms in total. The van der Waals surface area contributed by atoms with E-state index in [-0.39, 0.29) is 0 Å². The Morgan fingerprint density at radius 3 is 2.67 bits per heavy atom. The standard InChI is InChI=1S/C15H26N2S/c1-12-3-5-15(10-16,6-4-12)11-17-7-14-9-18-8-13(14)2/h8-9,12,17H,3-7,10-11,16H2,1-2H3. The van der Waals surface area contributed by atoms with Gasteiger partial charge in [0.2, 0.25) is 0 Å². The molecule has 1 saturated carbocycles. The fraction of sp³-hybridized carbons (Fsp3) is 0.733. The summed E-state index contributed by atoms with van der Waals surface area (Å²) in [7, 11) is 0. The highest BCUT2D eigenvalue weighted by Crippen LogP contribution is 2.37. The third-order valence-electron chi connectivity index (χ3n) is 4.55. The molecule has 0 aliphatic heterocycles. The van der Waals surface area contributed by atoms with Crippen LogP contribution in [-0.4, -0.2) is 13.1 Å². The molecular weight excluding hydrogens is 240 g/mol. The Hall–Kier alpha value is -0.380. The van der Waals surface area contributed by atoms with E-state index in [1.54, 1.807) is 11.3 Å². The van der Waals surface area contributed by atoms with E-state index in [0.29, 0.717) is 5.41 Å². The molecule has 0 spiro atoms. The molecule has 2 rings (SSSR count). The van der Waals surface area contributed by atoms with Crippen molar-refractivity contribution in [2.45, 2.75) is 46.1 Å². The van der Waals surface area contributed by atoms with Crippen molar-refractivity contribution >= 4 is 11.3 Å². The quantitative estimate of drug-likeness (QED) is 0.858. The molecule has 1 aromatic rings. The van der Waals surface area contributed by atoms with E-state index in [0.717, 1.165) is 25.6 Å². The van der Waals surface area contributed by atoms with E-state index in [2.05, 4.69) is 29.9 Å². The van der Waals surface area contributed by atoms with Crippen molar-refractivity contribution in [2.24, 2.45) is 17.1 Å². The predicted molar refractivity (Wildman–Crippen MR) is 79.9 cm³/mol. The Kier molecular flexibility index (Phi) is 4.82. The first-order chi connectivity index (χ1) is 8.65. The van der Waals surface area contributed by atoms with Crippen LogP contribution < -0.4 is 11.1 Å². The molecule has 0 aromatic carbocycles. The van der Waals surface area contributed by atoms with Gasteiger partial charge in [-0.05, 0) is 59.5 Å². The molecule has 3 N–H and O–H groups in total. The van der Waals surface area contributed by atoms with Crippen molar-refractivity contribution in [1.82, 2.24) is 5.32 Å². The van der Waals surface area contributed by atoms with Gasteiger partial charge in [-0.25, -0.2) is 0 Å². The van der Waals surface area contributed by atoms with Gasteiger partial charge in [0.1, 0.15) is 0 Å². The maximum Gasteiger partial charge on any atom is 0.0216 e. The van der Waals surface area contributed by atoms with Crippen LogP contribution in [0.2, 0.25) is 0 Å². The van der Waals surface area contributed by atoms with E-state index in [1.807, 2.05) is 0 Å². The summed E-state index contributed by atoms with van der Waals surface area (Å²) in [6.07, 6.45) is 5.27. The number of nitrogens with one attached hydrogen (secondary N) is 1. The van der Waals surface area contributed by atoms with E-state index in [4.69, 9.17) is 5.73 Å². The molecule has 0 unspecified atom stereocenters. The van der Waals surface area contributed by atoms with Crippen LogP contribution in [0.1, 0.15) is 43.7 Å². The first-order valence-corrected chi connectivity index (χ1v) is 8.02. The largest absolute Gasteiger partial charge is 0.330 e. The highest BCUT2D eigenvalue weighted by atomic mass is 32.1. The van der Waals surface area contributed by atoms with Gasteiger partial charge in [-0.1, -0.05) is 19.8 Å². The van der Waals surface area contributed by atoms with Gasteiger partial charge in [-0.3, -0.25) is 0 Å². The van der Waals surface area contributed by atoms with Gasteiger partial charge < -0.3 is 11.1 Å². The van der Waals surface area contributed by atoms with Crippen molar-refractivity contribution in [1.29, 1.82) is 0 Å². The first kappa shape index (κ1) is 14.0. The molecule has 1 fully saturated rings. The topological polar surface area (TPSA) is 38.0 Å². The van der Waals surface area contributed by atoms with Crippen molar-refractivity contribution in [2.75, 3.05) is 13.1 Å². The van der Waals surface area contributed by atoms with Crippen LogP contribution in [0.5, 0.6) is 0 Å². The van der Waals surface area contributed by atoms with Gasteiger partial charge in [0.15, 0.2) is 0 Å². The number of thiophene rings is 1.